The summed E-state index contributed by atoms with van der Waals surface area (Å²) in [4.78, 5) is 13.2. The first-order valence-electron chi connectivity index (χ1n) is 7.48. The first-order valence-corrected chi connectivity index (χ1v) is 8.36. The molecule has 0 saturated heterocycles. The van der Waals surface area contributed by atoms with Crippen LogP contribution < -0.4 is 0 Å². The molecular weight excluding hydrogens is 328 g/mol. The quantitative estimate of drug-likeness (QED) is 0.672. The molecule has 0 aliphatic carbocycles. The van der Waals surface area contributed by atoms with Crippen LogP contribution in [0.1, 0.15) is 40.4 Å². The van der Waals surface area contributed by atoms with Crippen LogP contribution in [0.25, 0.3) is 10.8 Å². The Bertz CT molecular complexity index is 873. The smallest absolute Gasteiger partial charge is 0.338 e. The van der Waals surface area contributed by atoms with E-state index in [1.54, 1.807) is 13.0 Å². The van der Waals surface area contributed by atoms with Gasteiger partial charge in [-0.3, -0.25) is 0 Å². The number of ether oxygens (including phenoxy) is 2. The number of hydrogen-bond donors (Lipinski definition) is 0. The van der Waals surface area contributed by atoms with Crippen LogP contribution in [0.4, 0.5) is 0 Å². The number of hydrogen-bond acceptors (Lipinski definition) is 7. The third-order valence-electron chi connectivity index (χ3n) is 3.76. The topological polar surface area (TPSA) is 74.5 Å². The van der Waals surface area contributed by atoms with Crippen LogP contribution in [0, 0.1) is 0 Å². The molecule has 0 bridgehead atoms. The summed E-state index contributed by atoms with van der Waals surface area (Å²) in [6.45, 7) is 2.83. The van der Waals surface area contributed by atoms with Gasteiger partial charge < -0.3 is 13.9 Å². The van der Waals surface area contributed by atoms with Crippen LogP contribution in [0.2, 0.25) is 0 Å². The summed E-state index contributed by atoms with van der Waals surface area (Å²) in [5.41, 5.74) is 2.62. The van der Waals surface area contributed by atoms with E-state index >= 15 is 0 Å². The maximum atomic E-state index is 12.3. The van der Waals surface area contributed by atoms with Crippen LogP contribution in [-0.4, -0.2) is 16.2 Å². The fourth-order valence-corrected chi connectivity index (χ4v) is 3.12. The summed E-state index contributed by atoms with van der Waals surface area (Å²) in [7, 11) is 0. The Labute approximate surface area is 142 Å². The van der Waals surface area contributed by atoms with Crippen LogP contribution in [0.3, 0.4) is 0 Å². The number of esters is 1. The molecule has 122 valence electrons. The summed E-state index contributed by atoms with van der Waals surface area (Å²) in [6, 6.07) is 9.25. The van der Waals surface area contributed by atoms with Crippen molar-refractivity contribution in [2.75, 3.05) is 0 Å². The van der Waals surface area contributed by atoms with Crippen molar-refractivity contribution in [3.63, 3.8) is 0 Å². The van der Waals surface area contributed by atoms with E-state index in [2.05, 4.69) is 10.2 Å². The lowest BCUT2D eigenvalue weighted by Gasteiger charge is -2.10. The van der Waals surface area contributed by atoms with Crippen LogP contribution >= 0.6 is 11.3 Å². The van der Waals surface area contributed by atoms with Gasteiger partial charge in [0.25, 0.3) is 11.8 Å². The third-order valence-corrected chi connectivity index (χ3v) is 4.62. The molecule has 0 N–H and O–H groups in total. The van der Waals surface area contributed by atoms with E-state index in [1.807, 2.05) is 29.6 Å². The van der Waals surface area contributed by atoms with Gasteiger partial charge in [-0.15, -0.1) is 21.5 Å². The fraction of sp³-hybridized carbons (Fsp3) is 0.235. The molecule has 3 heterocycles. The van der Waals surface area contributed by atoms with Crippen molar-refractivity contribution in [3.05, 3.63) is 58.3 Å². The van der Waals surface area contributed by atoms with Crippen LogP contribution in [0.15, 0.2) is 40.1 Å². The summed E-state index contributed by atoms with van der Waals surface area (Å²) in [5, 5.41) is 9.89. The van der Waals surface area contributed by atoms with E-state index < -0.39 is 12.1 Å². The minimum Gasteiger partial charge on any atom is -0.449 e. The minimum atomic E-state index is -0.622. The van der Waals surface area contributed by atoms with E-state index in [9.17, 15) is 4.79 Å². The Morgan fingerprint density at radius 2 is 2.12 bits per heavy atom. The van der Waals surface area contributed by atoms with Gasteiger partial charge in [0.1, 0.15) is 0 Å². The Hall–Kier alpha value is -2.51. The predicted octanol–water partition coefficient (Wildman–Crippen LogP) is 3.75. The SMILES string of the molecule is C[C@H](OC(=O)c1ccc2c(c1)COC2)c1nnc(-c2cccs2)o1. The lowest BCUT2D eigenvalue weighted by Crippen LogP contribution is -2.10. The number of nitrogens with zero attached hydrogens (tertiary/aromatic N) is 2. The lowest BCUT2D eigenvalue weighted by atomic mass is 10.1. The first kappa shape index (κ1) is 15.0. The zero-order chi connectivity index (χ0) is 16.5. The molecule has 4 rings (SSSR count). The zero-order valence-corrected chi connectivity index (χ0v) is 13.7. The number of rotatable bonds is 4. The fourth-order valence-electron chi connectivity index (χ4n) is 2.48. The molecule has 7 heteroatoms. The highest BCUT2D eigenvalue weighted by Crippen LogP contribution is 2.27. The second kappa shape index (κ2) is 6.18. The molecular formula is C17H14N2O4S. The number of aromatic nitrogens is 2. The van der Waals surface area contributed by atoms with E-state index in [0.717, 1.165) is 16.0 Å². The second-order valence-electron chi connectivity index (χ2n) is 5.45. The minimum absolute atomic E-state index is 0.274. The normalized spacial score (nSPS) is 14.4. The number of benzene rings is 1. The highest BCUT2D eigenvalue weighted by Gasteiger charge is 2.21. The van der Waals surface area contributed by atoms with Crippen molar-refractivity contribution in [1.29, 1.82) is 0 Å². The summed E-state index contributed by atoms with van der Waals surface area (Å²) in [6.07, 6.45) is -0.622. The molecule has 0 radical (unpaired) electrons. The molecule has 3 aromatic rings. The number of carbonyl (C=O) groups is 1. The molecule has 6 nitrogen and oxygen atoms in total. The molecule has 0 unspecified atom stereocenters. The van der Waals surface area contributed by atoms with Gasteiger partial charge in [0, 0.05) is 0 Å². The van der Waals surface area contributed by atoms with E-state index in [4.69, 9.17) is 13.9 Å². The predicted molar refractivity (Wildman–Crippen MR) is 86.4 cm³/mol. The Morgan fingerprint density at radius 3 is 2.96 bits per heavy atom. The van der Waals surface area contributed by atoms with E-state index in [1.165, 1.54) is 11.3 Å². The molecule has 0 saturated carbocycles. The highest BCUT2D eigenvalue weighted by atomic mass is 32.1. The van der Waals surface area contributed by atoms with Gasteiger partial charge in [-0.25, -0.2) is 4.79 Å². The van der Waals surface area contributed by atoms with Crippen molar-refractivity contribution in [3.8, 4) is 10.8 Å². The Balaban J connectivity index is 1.47. The Kier molecular flexibility index (Phi) is 3.87. The molecule has 0 amide bonds. The van der Waals surface area contributed by atoms with Gasteiger partial charge in [-0.1, -0.05) is 12.1 Å². The van der Waals surface area contributed by atoms with Crippen molar-refractivity contribution in [2.45, 2.75) is 26.2 Å². The number of thiophene rings is 1. The molecule has 1 aliphatic heterocycles. The van der Waals surface area contributed by atoms with Gasteiger partial charge in [-0.05, 0) is 41.6 Å². The van der Waals surface area contributed by atoms with E-state index in [0.29, 0.717) is 24.7 Å². The van der Waals surface area contributed by atoms with Gasteiger partial charge in [0.15, 0.2) is 6.10 Å². The monoisotopic (exact) mass is 342 g/mol. The van der Waals surface area contributed by atoms with Crippen molar-refractivity contribution < 1.29 is 18.7 Å². The molecule has 0 spiro atoms. The summed E-state index contributed by atoms with van der Waals surface area (Å²) >= 11 is 1.51. The standard InChI is InChI=1S/C17H14N2O4S/c1-10(15-18-19-16(23-15)14-3-2-6-24-14)22-17(20)11-4-5-12-8-21-9-13(12)7-11/h2-7,10H,8-9H2,1H3/t10-/m0/s1. The summed E-state index contributed by atoms with van der Waals surface area (Å²) < 4.78 is 16.4. The van der Waals surface area contributed by atoms with Crippen molar-refractivity contribution >= 4 is 17.3 Å². The van der Waals surface area contributed by atoms with E-state index in [-0.39, 0.29) is 5.89 Å². The molecule has 1 atom stereocenters. The largest absolute Gasteiger partial charge is 0.449 e. The van der Waals surface area contributed by atoms with Gasteiger partial charge in [-0.2, -0.15) is 0 Å². The maximum absolute atomic E-state index is 12.3. The lowest BCUT2D eigenvalue weighted by molar-refractivity contribution is 0.0279. The molecule has 1 aromatic carbocycles. The molecule has 2 aromatic heterocycles. The van der Waals surface area contributed by atoms with Crippen molar-refractivity contribution in [1.82, 2.24) is 10.2 Å². The Morgan fingerprint density at radius 1 is 1.25 bits per heavy atom. The van der Waals surface area contributed by atoms with Crippen LogP contribution in [0.5, 0.6) is 0 Å². The van der Waals surface area contributed by atoms with Crippen LogP contribution in [-0.2, 0) is 22.7 Å². The maximum Gasteiger partial charge on any atom is 0.338 e. The summed E-state index contributed by atoms with van der Waals surface area (Å²) in [5.74, 6) is 0.280. The van der Waals surface area contributed by atoms with Gasteiger partial charge in [0.05, 0.1) is 23.7 Å². The number of carbonyl (C=O) groups excluding carboxylic acids is 1. The second-order valence-corrected chi connectivity index (χ2v) is 6.39. The first-order chi connectivity index (χ1) is 11.7. The zero-order valence-electron chi connectivity index (χ0n) is 12.9. The highest BCUT2D eigenvalue weighted by molar-refractivity contribution is 7.13. The number of fused-ring (bicyclic) bond motifs is 1. The molecule has 1 aliphatic rings. The van der Waals surface area contributed by atoms with Gasteiger partial charge in [0.2, 0.25) is 0 Å². The third kappa shape index (κ3) is 2.83. The average molecular weight is 342 g/mol. The molecule has 0 fully saturated rings. The molecule has 24 heavy (non-hydrogen) atoms. The van der Waals surface area contributed by atoms with Gasteiger partial charge >= 0.3 is 5.97 Å². The average Bonchev–Trinajstić information content (AvgIpc) is 3.32. The van der Waals surface area contributed by atoms with Crippen molar-refractivity contribution in [2.24, 2.45) is 0 Å².